The lowest BCUT2D eigenvalue weighted by atomic mass is 9.79. The van der Waals surface area contributed by atoms with Crippen molar-refractivity contribution in [3.63, 3.8) is 0 Å². The van der Waals surface area contributed by atoms with Crippen molar-refractivity contribution in [2.24, 2.45) is 0 Å². The minimum absolute atomic E-state index is 0. The highest BCUT2D eigenvalue weighted by atomic mass is 79.9. The summed E-state index contributed by atoms with van der Waals surface area (Å²) in [6, 6.07) is 27.1. The van der Waals surface area contributed by atoms with Crippen LogP contribution in [0.2, 0.25) is 0 Å². The molecule has 36 heavy (non-hydrogen) atoms. The lowest BCUT2D eigenvalue weighted by molar-refractivity contribution is -0.665. The molecule has 0 saturated carbocycles. The third-order valence-electron chi connectivity index (χ3n) is 6.10. The quantitative estimate of drug-likeness (QED) is 0.0878. The first-order valence-corrected chi connectivity index (χ1v) is 11.1. The van der Waals surface area contributed by atoms with Gasteiger partial charge in [0.2, 0.25) is 11.0 Å². The summed E-state index contributed by atoms with van der Waals surface area (Å²) in [6.45, 7) is 1.18. The van der Waals surface area contributed by atoms with Crippen LogP contribution in [0.25, 0.3) is 21.8 Å². The van der Waals surface area contributed by atoms with Crippen molar-refractivity contribution >= 4 is 47.0 Å². The Morgan fingerprint density at radius 2 is 1.14 bits per heavy atom. The molecule has 0 aliphatic carbocycles. The molecule has 0 spiro atoms. The number of aromatic nitrogens is 2. The van der Waals surface area contributed by atoms with Crippen molar-refractivity contribution in [1.82, 2.24) is 0 Å². The number of hydrogen-bond donors (Lipinski definition) is 4. The molecule has 0 unspecified atom stereocenters. The predicted octanol–water partition coefficient (Wildman–Crippen LogP) is -5.97. The van der Waals surface area contributed by atoms with Gasteiger partial charge >= 0.3 is 14.2 Å². The molecule has 2 heterocycles. The fourth-order valence-corrected chi connectivity index (χ4v) is 4.50. The van der Waals surface area contributed by atoms with Crippen LogP contribution in [-0.4, -0.2) is 34.3 Å². The fraction of sp³-hybridized carbons (Fsp3) is 0.0769. The van der Waals surface area contributed by atoms with E-state index in [1.807, 2.05) is 54.9 Å². The first-order valence-electron chi connectivity index (χ1n) is 11.1. The molecule has 0 bridgehead atoms. The standard InChI is InChI=1S/C26H24B2N2O4.2BrH/c31-27(32)22-8-1-5-19(15-22)17-29-13-4-10-24-25(29)12-11-21-7-3-14-30(26(21)24)18-20-6-2-9-23(16-20)28(33)34;;/h1-16,31-34H,17-18H2;2*1H/q+2;;/p-2. The van der Waals surface area contributed by atoms with Crippen molar-refractivity contribution in [3.05, 3.63) is 108 Å². The molecule has 182 valence electrons. The molecular formula is C26H24B2Br2N2O4. The molecule has 0 aliphatic rings. The topological polar surface area (TPSA) is 88.7 Å². The lowest BCUT2D eigenvalue weighted by Crippen LogP contribution is -3.00. The Labute approximate surface area is 230 Å². The van der Waals surface area contributed by atoms with Crippen molar-refractivity contribution < 1.29 is 63.2 Å². The summed E-state index contributed by atoms with van der Waals surface area (Å²) in [5, 5.41) is 40.3. The largest absolute Gasteiger partial charge is 1.00 e. The monoisotopic (exact) mass is 608 g/mol. The first kappa shape index (κ1) is 28.0. The molecule has 3 aromatic carbocycles. The number of nitrogens with zero attached hydrogens (tertiary/aromatic N) is 2. The smallest absolute Gasteiger partial charge is 0.488 e. The average molecular weight is 610 g/mol. The van der Waals surface area contributed by atoms with Crippen LogP contribution in [0.3, 0.4) is 0 Å². The molecule has 10 heteroatoms. The molecular weight excluding hydrogens is 586 g/mol. The van der Waals surface area contributed by atoms with Crippen LogP contribution in [0.15, 0.2) is 97.3 Å². The van der Waals surface area contributed by atoms with E-state index in [1.54, 1.807) is 18.2 Å². The number of pyridine rings is 2. The van der Waals surface area contributed by atoms with Gasteiger partial charge < -0.3 is 54.1 Å². The van der Waals surface area contributed by atoms with Crippen LogP contribution in [0, 0.1) is 0 Å². The first-order chi connectivity index (χ1) is 16.5. The van der Waals surface area contributed by atoms with E-state index in [4.69, 9.17) is 0 Å². The maximum atomic E-state index is 9.54. The molecule has 6 nitrogen and oxygen atoms in total. The number of halogens is 2. The lowest BCUT2D eigenvalue weighted by Gasteiger charge is -2.07. The highest BCUT2D eigenvalue weighted by Crippen LogP contribution is 2.21. The van der Waals surface area contributed by atoms with Gasteiger partial charge in [-0.05, 0) is 29.1 Å². The molecule has 0 amide bonds. The molecule has 0 aliphatic heterocycles. The Morgan fingerprint density at radius 1 is 0.583 bits per heavy atom. The maximum absolute atomic E-state index is 9.54. The Hall–Kier alpha value is -2.59. The predicted molar refractivity (Wildman–Crippen MR) is 133 cm³/mol. The fourth-order valence-electron chi connectivity index (χ4n) is 4.50. The summed E-state index contributed by atoms with van der Waals surface area (Å²) in [5.41, 5.74) is 5.04. The zero-order valence-corrected chi connectivity index (χ0v) is 22.4. The molecule has 5 rings (SSSR count). The van der Waals surface area contributed by atoms with Crippen molar-refractivity contribution in [3.8, 4) is 0 Å². The molecule has 0 saturated heterocycles. The summed E-state index contributed by atoms with van der Waals surface area (Å²) in [5.74, 6) is 0. The van der Waals surface area contributed by atoms with Crippen molar-refractivity contribution in [1.29, 1.82) is 0 Å². The van der Waals surface area contributed by atoms with Gasteiger partial charge in [0.15, 0.2) is 25.5 Å². The second kappa shape index (κ2) is 12.1. The van der Waals surface area contributed by atoms with Crippen LogP contribution in [0.1, 0.15) is 11.1 Å². The molecule has 0 atom stereocenters. The van der Waals surface area contributed by atoms with E-state index in [0.717, 1.165) is 32.9 Å². The Morgan fingerprint density at radius 3 is 1.75 bits per heavy atom. The third-order valence-corrected chi connectivity index (χ3v) is 6.10. The van der Waals surface area contributed by atoms with Crippen LogP contribution in [0.4, 0.5) is 0 Å². The maximum Gasteiger partial charge on any atom is 0.488 e. The molecule has 4 N–H and O–H groups in total. The molecule has 5 aromatic rings. The zero-order valence-electron chi connectivity index (χ0n) is 19.2. The van der Waals surface area contributed by atoms with Gasteiger partial charge in [-0.1, -0.05) is 48.5 Å². The van der Waals surface area contributed by atoms with Crippen LogP contribution < -0.4 is 54.0 Å². The number of hydrogen-bond acceptors (Lipinski definition) is 4. The minimum Gasteiger partial charge on any atom is -1.00 e. The highest BCUT2D eigenvalue weighted by molar-refractivity contribution is 6.58. The van der Waals surface area contributed by atoms with Gasteiger partial charge in [0.1, 0.15) is 5.39 Å². The van der Waals surface area contributed by atoms with Gasteiger partial charge in [0, 0.05) is 34.7 Å². The van der Waals surface area contributed by atoms with E-state index in [1.165, 1.54) is 0 Å². The van der Waals surface area contributed by atoms with Crippen molar-refractivity contribution in [2.45, 2.75) is 13.1 Å². The summed E-state index contributed by atoms with van der Waals surface area (Å²) < 4.78 is 4.32. The molecule has 0 radical (unpaired) electrons. The van der Waals surface area contributed by atoms with Gasteiger partial charge in [-0.2, -0.15) is 9.13 Å². The molecule has 2 aromatic heterocycles. The Balaban J connectivity index is 0.00000180. The van der Waals surface area contributed by atoms with E-state index in [2.05, 4.69) is 33.4 Å². The summed E-state index contributed by atoms with van der Waals surface area (Å²) in [6.07, 6.45) is 4.06. The van der Waals surface area contributed by atoms with Gasteiger partial charge in [0.25, 0.3) is 0 Å². The van der Waals surface area contributed by atoms with Gasteiger partial charge in [-0.3, -0.25) is 0 Å². The Bertz CT molecular complexity index is 1500. The minimum atomic E-state index is -1.50. The number of fused-ring (bicyclic) bond motifs is 3. The summed E-state index contributed by atoms with van der Waals surface area (Å²) in [4.78, 5) is 0. The van der Waals surface area contributed by atoms with Crippen LogP contribution >= 0.6 is 0 Å². The van der Waals surface area contributed by atoms with E-state index in [0.29, 0.717) is 24.0 Å². The van der Waals surface area contributed by atoms with Gasteiger partial charge in [-0.25, -0.2) is 0 Å². The average Bonchev–Trinajstić information content (AvgIpc) is 2.84. The van der Waals surface area contributed by atoms with Crippen molar-refractivity contribution in [2.75, 3.05) is 0 Å². The van der Waals surface area contributed by atoms with Gasteiger partial charge in [0.05, 0.1) is 0 Å². The van der Waals surface area contributed by atoms with Gasteiger partial charge in [-0.15, -0.1) is 0 Å². The third kappa shape index (κ3) is 5.86. The van der Waals surface area contributed by atoms with Crippen LogP contribution in [0.5, 0.6) is 0 Å². The summed E-state index contributed by atoms with van der Waals surface area (Å²) in [7, 11) is -2.99. The Kier molecular flexibility index (Phi) is 9.41. The SMILES string of the molecule is OB(O)c1cccc(C[n+]2cccc3c2ccc2ccc[n+](Cc4cccc(B(O)O)c4)c23)c1.[Br-].[Br-]. The normalized spacial score (nSPS) is 10.6. The van der Waals surface area contributed by atoms with Crippen LogP contribution in [-0.2, 0) is 13.1 Å². The van der Waals surface area contributed by atoms with E-state index < -0.39 is 14.2 Å². The van der Waals surface area contributed by atoms with E-state index in [-0.39, 0.29) is 34.0 Å². The van der Waals surface area contributed by atoms with E-state index in [9.17, 15) is 20.1 Å². The molecule has 0 fully saturated rings. The second-order valence-corrected chi connectivity index (χ2v) is 8.45. The van der Waals surface area contributed by atoms with E-state index >= 15 is 0 Å². The second-order valence-electron chi connectivity index (χ2n) is 8.45. The number of benzene rings is 3. The number of rotatable bonds is 6. The summed E-state index contributed by atoms with van der Waals surface area (Å²) >= 11 is 0. The highest BCUT2D eigenvalue weighted by Gasteiger charge is 2.20. The zero-order chi connectivity index (χ0) is 23.7.